The van der Waals surface area contributed by atoms with Crippen molar-refractivity contribution in [2.75, 3.05) is 19.7 Å². The zero-order valence-electron chi connectivity index (χ0n) is 16.2. The number of ether oxygens (including phenoxy) is 2. The fourth-order valence-corrected chi connectivity index (χ4v) is 3.99. The summed E-state index contributed by atoms with van der Waals surface area (Å²) in [7, 11) is 0. The Labute approximate surface area is 182 Å². The molecule has 1 fully saturated rings. The molecule has 1 saturated heterocycles. The van der Waals surface area contributed by atoms with Gasteiger partial charge >= 0.3 is 0 Å². The Bertz CT molecular complexity index is 835. The first-order valence-corrected chi connectivity index (χ1v) is 10.8. The van der Waals surface area contributed by atoms with Gasteiger partial charge in [-0.05, 0) is 56.0 Å². The van der Waals surface area contributed by atoms with Crippen molar-refractivity contribution in [1.82, 2.24) is 4.90 Å². The number of likely N-dealkylation sites (tertiary alicyclic amines) is 1. The molecule has 1 aliphatic heterocycles. The topological polar surface area (TPSA) is 21.7 Å². The van der Waals surface area contributed by atoms with Crippen molar-refractivity contribution >= 4 is 40.4 Å². The molecule has 0 unspecified atom stereocenters. The monoisotopic (exact) mass is 437 g/mol. The van der Waals surface area contributed by atoms with E-state index in [2.05, 4.69) is 11.8 Å². The van der Waals surface area contributed by atoms with Gasteiger partial charge in [-0.1, -0.05) is 48.4 Å². The first kappa shape index (κ1) is 21.2. The Hall–Kier alpha value is -1.49. The fourth-order valence-electron chi connectivity index (χ4n) is 3.22. The maximum absolute atomic E-state index is 6.24. The molecule has 28 heavy (non-hydrogen) atoms. The van der Waals surface area contributed by atoms with Crippen molar-refractivity contribution < 1.29 is 9.47 Å². The van der Waals surface area contributed by atoms with Gasteiger partial charge in [0.15, 0.2) is 11.5 Å². The van der Waals surface area contributed by atoms with E-state index < -0.39 is 0 Å². The van der Waals surface area contributed by atoms with Gasteiger partial charge in [0.1, 0.15) is 11.6 Å². The maximum Gasteiger partial charge on any atom is 0.161 e. The Morgan fingerprint density at radius 2 is 1.82 bits per heavy atom. The summed E-state index contributed by atoms with van der Waals surface area (Å²) in [5, 5.41) is 1.19. The second-order valence-corrected chi connectivity index (χ2v) is 8.32. The minimum absolute atomic E-state index is 0.337. The Morgan fingerprint density at radius 1 is 1.07 bits per heavy atom. The summed E-state index contributed by atoms with van der Waals surface area (Å²) < 4.78 is 11.8. The number of hydrogen-bond donors (Lipinski definition) is 0. The quantitative estimate of drug-likeness (QED) is 0.488. The SMILES string of the molecule is CCOc1cc(C(=S)N2CCC(C)CC2)ccc1OCc1ccc(Cl)cc1Cl. The van der Waals surface area contributed by atoms with Crippen molar-refractivity contribution in [3.8, 4) is 11.5 Å². The van der Waals surface area contributed by atoms with E-state index in [1.54, 1.807) is 12.1 Å². The first-order chi connectivity index (χ1) is 13.5. The minimum Gasteiger partial charge on any atom is -0.490 e. The lowest BCUT2D eigenvalue weighted by Crippen LogP contribution is -2.37. The van der Waals surface area contributed by atoms with Crippen LogP contribution in [0.3, 0.4) is 0 Å². The van der Waals surface area contributed by atoms with Gasteiger partial charge in [-0.25, -0.2) is 0 Å². The Balaban J connectivity index is 1.74. The number of nitrogens with zero attached hydrogens (tertiary/aromatic N) is 1. The molecule has 0 bridgehead atoms. The molecule has 0 spiro atoms. The average Bonchev–Trinajstić information content (AvgIpc) is 2.68. The number of hydrogen-bond acceptors (Lipinski definition) is 3. The van der Waals surface area contributed by atoms with Gasteiger partial charge in [0.25, 0.3) is 0 Å². The third-order valence-electron chi connectivity index (χ3n) is 4.96. The van der Waals surface area contributed by atoms with Gasteiger partial charge in [0.05, 0.1) is 6.61 Å². The van der Waals surface area contributed by atoms with Crippen LogP contribution in [-0.2, 0) is 6.61 Å². The van der Waals surface area contributed by atoms with Crippen LogP contribution < -0.4 is 9.47 Å². The normalized spacial score (nSPS) is 14.8. The molecule has 3 nitrogen and oxygen atoms in total. The predicted molar refractivity (Wildman–Crippen MR) is 120 cm³/mol. The van der Waals surface area contributed by atoms with Crippen LogP contribution in [0.5, 0.6) is 11.5 Å². The fraction of sp³-hybridized carbons (Fsp3) is 0.409. The number of rotatable bonds is 6. The van der Waals surface area contributed by atoms with Crippen LogP contribution in [-0.4, -0.2) is 29.6 Å². The largest absolute Gasteiger partial charge is 0.490 e. The van der Waals surface area contributed by atoms with E-state index in [1.165, 1.54) is 12.8 Å². The first-order valence-electron chi connectivity index (χ1n) is 9.60. The summed E-state index contributed by atoms with van der Waals surface area (Å²) in [5.74, 6) is 2.14. The summed E-state index contributed by atoms with van der Waals surface area (Å²) in [6.07, 6.45) is 2.36. The van der Waals surface area contributed by atoms with Gasteiger partial charge in [0.2, 0.25) is 0 Å². The Kier molecular flexibility index (Phi) is 7.44. The molecule has 150 valence electrons. The molecule has 0 N–H and O–H groups in total. The predicted octanol–water partition coefficient (Wildman–Crippen LogP) is 6.38. The molecule has 0 aliphatic carbocycles. The summed E-state index contributed by atoms with van der Waals surface area (Å²) in [4.78, 5) is 3.16. The molecule has 3 rings (SSSR count). The standard InChI is InChI=1S/C22H25Cl2NO2S/c1-3-26-21-12-16(22(28)25-10-8-15(2)9-11-25)5-7-20(21)27-14-17-4-6-18(23)13-19(17)24/h4-7,12-13,15H,3,8-11,14H2,1-2H3. The van der Waals surface area contributed by atoms with Crippen LogP contribution >= 0.6 is 35.4 Å². The van der Waals surface area contributed by atoms with Gasteiger partial charge < -0.3 is 14.4 Å². The van der Waals surface area contributed by atoms with Crippen molar-refractivity contribution in [1.29, 1.82) is 0 Å². The molecular weight excluding hydrogens is 413 g/mol. The van der Waals surface area contributed by atoms with Crippen LogP contribution in [0.2, 0.25) is 10.0 Å². The van der Waals surface area contributed by atoms with Crippen LogP contribution in [0, 0.1) is 5.92 Å². The molecule has 0 radical (unpaired) electrons. The van der Waals surface area contributed by atoms with E-state index in [9.17, 15) is 0 Å². The highest BCUT2D eigenvalue weighted by Gasteiger charge is 2.20. The van der Waals surface area contributed by atoms with Crippen LogP contribution in [0.1, 0.15) is 37.8 Å². The Morgan fingerprint density at radius 3 is 2.50 bits per heavy atom. The van der Waals surface area contributed by atoms with Gasteiger partial charge in [0, 0.05) is 34.3 Å². The molecular formula is C22H25Cl2NO2S. The van der Waals surface area contributed by atoms with Crippen LogP contribution in [0.4, 0.5) is 0 Å². The van der Waals surface area contributed by atoms with Gasteiger partial charge in [-0.2, -0.15) is 0 Å². The molecule has 2 aromatic rings. The van der Waals surface area contributed by atoms with E-state index in [-0.39, 0.29) is 0 Å². The lowest BCUT2D eigenvalue weighted by atomic mass is 9.99. The highest BCUT2D eigenvalue weighted by molar-refractivity contribution is 7.80. The lowest BCUT2D eigenvalue weighted by Gasteiger charge is -2.32. The molecule has 0 amide bonds. The zero-order valence-corrected chi connectivity index (χ0v) is 18.5. The van der Waals surface area contributed by atoms with Gasteiger partial charge in [-0.3, -0.25) is 0 Å². The third kappa shape index (κ3) is 5.31. The van der Waals surface area contributed by atoms with Gasteiger partial charge in [-0.15, -0.1) is 0 Å². The smallest absolute Gasteiger partial charge is 0.161 e. The van der Waals surface area contributed by atoms with Crippen molar-refractivity contribution in [2.45, 2.75) is 33.3 Å². The lowest BCUT2D eigenvalue weighted by molar-refractivity contribution is 0.269. The highest BCUT2D eigenvalue weighted by atomic mass is 35.5. The van der Waals surface area contributed by atoms with E-state index in [0.29, 0.717) is 34.8 Å². The minimum atomic E-state index is 0.337. The number of halogens is 2. The third-order valence-corrected chi connectivity index (χ3v) is 6.04. The number of piperidine rings is 1. The zero-order chi connectivity index (χ0) is 20.1. The molecule has 2 aromatic carbocycles. The summed E-state index contributed by atoms with van der Waals surface area (Å²) in [6, 6.07) is 11.3. The summed E-state index contributed by atoms with van der Waals surface area (Å²) in [5.41, 5.74) is 1.86. The van der Waals surface area contributed by atoms with Crippen molar-refractivity contribution in [3.05, 3.63) is 57.6 Å². The second kappa shape index (κ2) is 9.82. The van der Waals surface area contributed by atoms with Crippen molar-refractivity contribution in [3.63, 3.8) is 0 Å². The van der Waals surface area contributed by atoms with E-state index in [1.807, 2.05) is 31.2 Å². The number of thiocarbonyl (C=S) groups is 1. The summed E-state index contributed by atoms with van der Waals surface area (Å²) >= 11 is 17.9. The molecule has 1 heterocycles. The highest BCUT2D eigenvalue weighted by Crippen LogP contribution is 2.31. The van der Waals surface area contributed by atoms with E-state index in [4.69, 9.17) is 44.9 Å². The van der Waals surface area contributed by atoms with Crippen molar-refractivity contribution in [2.24, 2.45) is 5.92 Å². The molecule has 1 aliphatic rings. The maximum atomic E-state index is 6.24. The average molecular weight is 438 g/mol. The van der Waals surface area contributed by atoms with Crippen LogP contribution in [0.15, 0.2) is 36.4 Å². The van der Waals surface area contributed by atoms with Crippen LogP contribution in [0.25, 0.3) is 0 Å². The van der Waals surface area contributed by atoms with E-state index in [0.717, 1.165) is 35.1 Å². The second-order valence-electron chi connectivity index (χ2n) is 7.09. The van der Waals surface area contributed by atoms with E-state index >= 15 is 0 Å². The summed E-state index contributed by atoms with van der Waals surface area (Å²) in [6.45, 7) is 7.16. The molecule has 0 atom stereocenters. The molecule has 0 aromatic heterocycles. The molecule has 0 saturated carbocycles. The molecule has 6 heteroatoms. The number of benzene rings is 2.